The fourth-order valence-electron chi connectivity index (χ4n) is 23.3. The van der Waals surface area contributed by atoms with Crippen LogP contribution in [0.5, 0.6) is 0 Å². The number of hydrogen-bond donors (Lipinski definition) is 1. The highest BCUT2D eigenvalue weighted by molar-refractivity contribution is 7.84. The second kappa shape index (κ2) is 35.8. The zero-order valence-corrected chi connectivity index (χ0v) is 74.4. The summed E-state index contributed by atoms with van der Waals surface area (Å²) in [6, 6.07) is 0. The number of rotatable bonds is 26. The Balaban J connectivity index is 1.11. The van der Waals surface area contributed by atoms with Gasteiger partial charge in [0.2, 0.25) is 6.29 Å². The molecule has 0 aromatic heterocycles. The maximum absolute atomic E-state index is 9.95. The summed E-state index contributed by atoms with van der Waals surface area (Å²) in [7, 11) is -25.3. The summed E-state index contributed by atoms with van der Waals surface area (Å²) < 4.78 is 114. The lowest BCUT2D eigenvalue weighted by molar-refractivity contribution is 0.373. The molecule has 0 atom stereocenters. The molecule has 108 heavy (non-hydrogen) atoms. The van der Waals surface area contributed by atoms with Crippen LogP contribution in [0.1, 0.15) is 231 Å². The monoisotopic (exact) mass is 1650 g/mol. The first kappa shape index (κ1) is 80.2. The van der Waals surface area contributed by atoms with Crippen LogP contribution in [0.2, 0.25) is 0 Å². The molecule has 18 aliphatic rings. The first-order valence-electron chi connectivity index (χ1n) is 45.6. The Labute approximate surface area is 655 Å². The Morgan fingerprint density at radius 3 is 0.407 bits per heavy atom. The van der Waals surface area contributed by atoms with Crippen molar-refractivity contribution in [1.82, 2.24) is 84.1 Å². The van der Waals surface area contributed by atoms with Gasteiger partial charge in [-0.25, -0.2) is 93.6 Å². The first-order valence-corrected chi connectivity index (χ1v) is 58.5. The van der Waals surface area contributed by atoms with Crippen molar-refractivity contribution in [1.29, 1.82) is 0 Å². The molecule has 0 spiro atoms. The van der Waals surface area contributed by atoms with Crippen LogP contribution >= 0.6 is 60.1 Å². The van der Waals surface area contributed by atoms with Crippen molar-refractivity contribution >= 4 is 60.1 Å². The van der Waals surface area contributed by atoms with E-state index in [1.807, 2.05) is 0 Å². The van der Waals surface area contributed by atoms with Gasteiger partial charge in [0.15, 0.2) is 45.0 Å². The van der Waals surface area contributed by atoms with E-state index in [9.17, 15) is 5.50 Å². The van der Waals surface area contributed by atoms with Gasteiger partial charge in [0, 0.05) is 236 Å². The Morgan fingerprint density at radius 1 is 0.148 bits per heavy atom. The SMILES string of the molecule is NP(=NP(=NC(N=P(N1CCCC1)(N1CCCC1)N1CCCC1)N=P(N1CCCC1)(N1CCCC1)N1CCCC1)(N=P(N1CCCC1)(N1CCCC1)N1CCCC1)N=P(N1CCCC1)(N1CCCC1)N1CCCC1)(N=P(N1CCCC1)(N1CCCC1)N1CCCC1)N=P(N1CCCC1)(N1CCCC1)N1CCCC1. The minimum absolute atomic E-state index is 0.811. The number of hydrogen-bond acceptors (Lipinski definition) is 3. The van der Waals surface area contributed by atoms with E-state index in [0.29, 0.717) is 0 Å². The Bertz CT molecular complexity index is 2970. The van der Waals surface area contributed by atoms with Gasteiger partial charge in [-0.3, -0.25) is 5.50 Å². The van der Waals surface area contributed by atoms with Gasteiger partial charge in [-0.1, -0.05) is 0 Å². The largest absolute Gasteiger partial charge is 0.311 e. The van der Waals surface area contributed by atoms with E-state index < -0.39 is 66.3 Å². The van der Waals surface area contributed by atoms with Crippen molar-refractivity contribution < 1.29 is 0 Å². The predicted molar refractivity (Wildman–Crippen MR) is 457 cm³/mol. The molecule has 18 fully saturated rings. The highest BCUT2D eigenvalue weighted by atomic mass is 31.3. The van der Waals surface area contributed by atoms with Crippen molar-refractivity contribution in [3.63, 3.8) is 0 Å². The summed E-state index contributed by atoms with van der Waals surface area (Å²) in [6.07, 6.45) is 42.6. The summed E-state index contributed by atoms with van der Waals surface area (Å²) in [5.41, 5.74) is 9.95. The van der Waals surface area contributed by atoms with Gasteiger partial charge in [0.25, 0.3) is 7.51 Å². The Kier molecular flexibility index (Phi) is 26.6. The van der Waals surface area contributed by atoms with Gasteiger partial charge in [0.1, 0.15) is 0 Å². The van der Waals surface area contributed by atoms with E-state index in [2.05, 4.69) is 84.1 Å². The second-order valence-corrected chi connectivity index (χ2v) is 58.6. The molecule has 0 bridgehead atoms. The topological polar surface area (TPSA) is 183 Å². The predicted octanol–water partition coefficient (Wildman–Crippen LogP) is 17.5. The normalized spacial score (nSPS) is 29.4. The molecule has 18 saturated heterocycles. The lowest BCUT2D eigenvalue weighted by Crippen LogP contribution is -2.40. The van der Waals surface area contributed by atoms with Crippen LogP contribution in [0.4, 0.5) is 0 Å². The van der Waals surface area contributed by atoms with Crippen LogP contribution in [-0.4, -0.2) is 326 Å². The standard InChI is InChI=1S/C73H147N27P8/c74-101(79-105(89-49-13-14-50-89,90-51-15-16-52-90)91-53-17-18-54-91,80-106(92-55-19-20-56-92,93-57-21-22-58-93)94-59-23-24-60-94)78-102(81-107(95-61-25-26-62-95,96-63-27-28-64-96)97-65-29-30-66-97,82-108(98-67-31-32-68-98,99-69-33-34-70-99)100-71-35-36-72-100)75-73(76-103(83-37-1-2-38-83,84-39-3-4-40-84)85-41-5-6-42-85)77-104(86-43-7-8-44-86,87-45-9-10-46-87)88-47-11-12-48-88/h73H,1-72,74H2. The van der Waals surface area contributed by atoms with Crippen molar-refractivity contribution in [3.05, 3.63) is 0 Å². The van der Waals surface area contributed by atoms with E-state index in [1.165, 1.54) is 231 Å². The number of nitrogens with two attached hydrogens (primary N) is 1. The van der Waals surface area contributed by atoms with E-state index in [-0.39, 0.29) is 0 Å². The average molecular weight is 1650 g/mol. The van der Waals surface area contributed by atoms with Gasteiger partial charge in [0.05, 0.1) is 0 Å². The molecule has 0 aromatic rings. The third kappa shape index (κ3) is 15.4. The molecule has 614 valence electrons. The van der Waals surface area contributed by atoms with Crippen LogP contribution in [0, 0.1) is 0 Å². The molecule has 27 nitrogen and oxygen atoms in total. The van der Waals surface area contributed by atoms with Crippen molar-refractivity contribution in [2.45, 2.75) is 237 Å². The quantitative estimate of drug-likeness (QED) is 0.0806. The van der Waals surface area contributed by atoms with Crippen molar-refractivity contribution in [2.75, 3.05) is 236 Å². The molecule has 35 heteroatoms. The second-order valence-electron chi connectivity index (χ2n) is 35.4. The highest BCUT2D eigenvalue weighted by Crippen LogP contribution is 2.84. The van der Waals surface area contributed by atoms with Crippen LogP contribution in [0.15, 0.2) is 36.8 Å². The van der Waals surface area contributed by atoms with Gasteiger partial charge in [-0.2, -0.15) is 27.3 Å². The molecule has 18 aliphatic heterocycles. The van der Waals surface area contributed by atoms with Gasteiger partial charge >= 0.3 is 7.51 Å². The first-order chi connectivity index (χ1) is 53.2. The van der Waals surface area contributed by atoms with E-state index in [1.54, 1.807) is 0 Å². The summed E-state index contributed by atoms with van der Waals surface area (Å²) >= 11 is 0. The van der Waals surface area contributed by atoms with E-state index in [0.717, 1.165) is 236 Å². The van der Waals surface area contributed by atoms with E-state index in [4.69, 9.17) is 36.8 Å². The summed E-state index contributed by atoms with van der Waals surface area (Å²) in [5, 5.41) is 0. The average Bonchev–Trinajstić information content (AvgIpc) is 1.11. The summed E-state index contributed by atoms with van der Waals surface area (Å²) in [4.78, 5) is 0. The zero-order chi connectivity index (χ0) is 72.5. The lowest BCUT2D eigenvalue weighted by atomic mass is 10.4. The fraction of sp³-hybridized carbons (Fsp3) is 1.00. The minimum atomic E-state index is -4.21. The summed E-state index contributed by atoms with van der Waals surface area (Å²) in [5.74, 6) is 0. The molecular weight excluding hydrogens is 1500 g/mol. The maximum atomic E-state index is 9.95. The molecule has 18 rings (SSSR count). The van der Waals surface area contributed by atoms with Crippen LogP contribution in [0.25, 0.3) is 0 Å². The van der Waals surface area contributed by atoms with Gasteiger partial charge < -0.3 is 0 Å². The molecule has 0 unspecified atom stereocenters. The molecule has 0 aromatic carbocycles. The lowest BCUT2D eigenvalue weighted by Gasteiger charge is -2.49. The highest BCUT2D eigenvalue weighted by Gasteiger charge is 2.56. The van der Waals surface area contributed by atoms with E-state index >= 15 is 0 Å². The van der Waals surface area contributed by atoms with Crippen LogP contribution in [0.3, 0.4) is 0 Å². The molecule has 0 amide bonds. The molecule has 2 N–H and O–H groups in total. The maximum Gasteiger partial charge on any atom is 0.311 e. The molecule has 0 saturated carbocycles. The number of nitrogens with zero attached hydrogens (tertiary/aromatic N) is 26. The van der Waals surface area contributed by atoms with Crippen molar-refractivity contribution in [3.8, 4) is 0 Å². The van der Waals surface area contributed by atoms with Crippen molar-refractivity contribution in [2.24, 2.45) is 42.3 Å². The van der Waals surface area contributed by atoms with Gasteiger partial charge in [-0.15, -0.1) is 0 Å². The van der Waals surface area contributed by atoms with Crippen LogP contribution in [-0.2, 0) is 0 Å². The fourth-order valence-corrected chi connectivity index (χ4v) is 62.3. The third-order valence-corrected chi connectivity index (χ3v) is 60.6. The molecule has 18 heterocycles. The molecule has 0 aliphatic carbocycles. The van der Waals surface area contributed by atoms with Crippen LogP contribution < -0.4 is 5.50 Å². The minimum Gasteiger partial charge on any atom is -0.261 e. The smallest absolute Gasteiger partial charge is 0.261 e. The molecule has 0 radical (unpaired) electrons. The summed E-state index contributed by atoms with van der Waals surface area (Å²) in [6.45, 7) is 38.3. The Hall–Kier alpha value is 1.08. The Morgan fingerprint density at radius 2 is 0.269 bits per heavy atom. The molecular formula is C73H147N27P8. The third-order valence-electron chi connectivity index (χ3n) is 28.3. The van der Waals surface area contributed by atoms with Gasteiger partial charge in [-0.05, 0) is 231 Å². The zero-order valence-electron chi connectivity index (χ0n) is 67.3.